The number of carbonyl (C=O) groups excluding carboxylic acids is 1. The van der Waals surface area contributed by atoms with Crippen LogP contribution in [0.5, 0.6) is 0 Å². The Hall–Kier alpha value is -1.85. The van der Waals surface area contributed by atoms with Gasteiger partial charge in [0.25, 0.3) is 11.1 Å². The molecule has 0 aromatic carbocycles. The van der Waals surface area contributed by atoms with Gasteiger partial charge in [-0.1, -0.05) is 17.8 Å². The molecule has 0 radical (unpaired) electrons. The van der Waals surface area contributed by atoms with E-state index in [0.29, 0.717) is 24.1 Å². The molecule has 2 heterocycles. The summed E-state index contributed by atoms with van der Waals surface area (Å²) in [5.41, 5.74) is 0. The molecule has 6 nitrogen and oxygen atoms in total. The Bertz CT molecular complexity index is 603. The summed E-state index contributed by atoms with van der Waals surface area (Å²) in [5.74, 6) is 0.613. The standard InChI is InChI=1S/C12H12N4O2S2/c1-16(6-3-5-13)10(17)8-20-12-15-14-11(18-12)9-4-2-7-19-9/h2,4,7H,3,6,8H2,1H3. The van der Waals surface area contributed by atoms with Gasteiger partial charge in [-0.3, -0.25) is 4.79 Å². The maximum atomic E-state index is 11.8. The van der Waals surface area contributed by atoms with Gasteiger partial charge in [0.05, 0.1) is 23.1 Å². The molecule has 0 aliphatic carbocycles. The van der Waals surface area contributed by atoms with Crippen LogP contribution in [0.1, 0.15) is 6.42 Å². The van der Waals surface area contributed by atoms with Crippen molar-refractivity contribution in [2.24, 2.45) is 0 Å². The lowest BCUT2D eigenvalue weighted by molar-refractivity contribution is -0.127. The third-order valence-electron chi connectivity index (χ3n) is 2.44. The highest BCUT2D eigenvalue weighted by Crippen LogP contribution is 2.26. The minimum Gasteiger partial charge on any atom is -0.410 e. The van der Waals surface area contributed by atoms with Crippen LogP contribution >= 0.6 is 23.1 Å². The van der Waals surface area contributed by atoms with E-state index < -0.39 is 0 Å². The molecule has 1 amide bonds. The molecule has 104 valence electrons. The van der Waals surface area contributed by atoms with Crippen LogP contribution in [0, 0.1) is 11.3 Å². The van der Waals surface area contributed by atoms with E-state index in [-0.39, 0.29) is 11.7 Å². The van der Waals surface area contributed by atoms with Crippen molar-refractivity contribution in [1.29, 1.82) is 5.26 Å². The van der Waals surface area contributed by atoms with E-state index in [1.165, 1.54) is 28.0 Å². The summed E-state index contributed by atoms with van der Waals surface area (Å²) >= 11 is 2.72. The van der Waals surface area contributed by atoms with Gasteiger partial charge in [0, 0.05) is 13.6 Å². The maximum absolute atomic E-state index is 11.8. The number of amides is 1. The zero-order chi connectivity index (χ0) is 14.4. The smallest absolute Gasteiger partial charge is 0.277 e. The van der Waals surface area contributed by atoms with Crippen molar-refractivity contribution in [3.8, 4) is 16.8 Å². The van der Waals surface area contributed by atoms with Gasteiger partial charge in [-0.2, -0.15) is 5.26 Å². The summed E-state index contributed by atoms with van der Waals surface area (Å²) in [6.07, 6.45) is 0.329. The van der Waals surface area contributed by atoms with Crippen molar-refractivity contribution in [1.82, 2.24) is 15.1 Å². The molecule has 0 saturated heterocycles. The SMILES string of the molecule is CN(CCC#N)C(=O)CSc1nnc(-c2cccs2)o1. The second-order valence-electron chi connectivity index (χ2n) is 3.86. The van der Waals surface area contributed by atoms with Crippen LogP contribution in [-0.2, 0) is 4.79 Å². The van der Waals surface area contributed by atoms with Crippen molar-refractivity contribution in [3.05, 3.63) is 17.5 Å². The Morgan fingerprint density at radius 3 is 3.15 bits per heavy atom. The zero-order valence-corrected chi connectivity index (χ0v) is 12.4. The lowest BCUT2D eigenvalue weighted by Crippen LogP contribution is -2.29. The number of thiophene rings is 1. The first-order chi connectivity index (χ1) is 9.70. The third-order valence-corrected chi connectivity index (χ3v) is 4.10. The number of carbonyl (C=O) groups is 1. The minimum atomic E-state index is -0.0684. The van der Waals surface area contributed by atoms with Gasteiger partial charge in [-0.15, -0.1) is 21.5 Å². The Labute approximate surface area is 124 Å². The number of aromatic nitrogens is 2. The van der Waals surface area contributed by atoms with Gasteiger partial charge in [-0.05, 0) is 11.4 Å². The first-order valence-electron chi connectivity index (χ1n) is 5.82. The fourth-order valence-corrected chi connectivity index (χ4v) is 2.69. The van der Waals surface area contributed by atoms with E-state index in [1.807, 2.05) is 23.6 Å². The lowest BCUT2D eigenvalue weighted by Gasteiger charge is -2.13. The van der Waals surface area contributed by atoms with Crippen LogP contribution in [0.4, 0.5) is 0 Å². The largest absolute Gasteiger partial charge is 0.410 e. The van der Waals surface area contributed by atoms with Crippen molar-refractivity contribution < 1.29 is 9.21 Å². The van der Waals surface area contributed by atoms with Crippen molar-refractivity contribution in [3.63, 3.8) is 0 Å². The number of hydrogen-bond acceptors (Lipinski definition) is 7. The first kappa shape index (κ1) is 14.6. The van der Waals surface area contributed by atoms with Crippen LogP contribution in [0.25, 0.3) is 10.8 Å². The molecule has 0 aliphatic heterocycles. The van der Waals surface area contributed by atoms with E-state index in [1.54, 1.807) is 7.05 Å². The first-order valence-corrected chi connectivity index (χ1v) is 7.68. The van der Waals surface area contributed by atoms with Gasteiger partial charge in [0.2, 0.25) is 5.91 Å². The number of nitriles is 1. The second-order valence-corrected chi connectivity index (χ2v) is 5.74. The van der Waals surface area contributed by atoms with Crippen LogP contribution in [-0.4, -0.2) is 40.3 Å². The van der Waals surface area contributed by atoms with Crippen LogP contribution in [0.2, 0.25) is 0 Å². The minimum absolute atomic E-state index is 0.0684. The van der Waals surface area contributed by atoms with Crippen LogP contribution in [0.3, 0.4) is 0 Å². The molecule has 20 heavy (non-hydrogen) atoms. The number of hydrogen-bond donors (Lipinski definition) is 0. The fraction of sp³-hybridized carbons (Fsp3) is 0.333. The molecule has 0 saturated carbocycles. The predicted octanol–water partition coefficient (Wildman–Crippen LogP) is 2.26. The summed E-state index contributed by atoms with van der Waals surface area (Å²) in [6.45, 7) is 0.431. The van der Waals surface area contributed by atoms with Gasteiger partial charge in [0.1, 0.15) is 0 Å². The normalized spacial score (nSPS) is 10.2. The summed E-state index contributed by atoms with van der Waals surface area (Å²) in [4.78, 5) is 14.2. The molecule has 0 spiro atoms. The molecule has 0 N–H and O–H groups in total. The average molecular weight is 308 g/mol. The molecule has 0 aliphatic rings. The van der Waals surface area contributed by atoms with Gasteiger partial charge in [-0.25, -0.2) is 0 Å². The van der Waals surface area contributed by atoms with E-state index in [2.05, 4.69) is 10.2 Å². The number of thioether (sulfide) groups is 1. The van der Waals surface area contributed by atoms with E-state index >= 15 is 0 Å². The van der Waals surface area contributed by atoms with Crippen LogP contribution in [0.15, 0.2) is 27.2 Å². The molecule has 2 aromatic heterocycles. The summed E-state index contributed by atoms with van der Waals surface area (Å²) in [5, 5.41) is 18.6. The molecular formula is C12H12N4O2S2. The third kappa shape index (κ3) is 3.82. The Morgan fingerprint density at radius 1 is 1.60 bits per heavy atom. The predicted molar refractivity (Wildman–Crippen MR) is 76.2 cm³/mol. The van der Waals surface area contributed by atoms with E-state index in [0.717, 1.165) is 4.88 Å². The van der Waals surface area contributed by atoms with Gasteiger partial charge >= 0.3 is 0 Å². The van der Waals surface area contributed by atoms with Crippen molar-refractivity contribution in [2.45, 2.75) is 11.6 Å². The fourth-order valence-electron chi connectivity index (χ4n) is 1.34. The van der Waals surface area contributed by atoms with Crippen molar-refractivity contribution >= 4 is 29.0 Å². The lowest BCUT2D eigenvalue weighted by atomic mass is 10.4. The molecule has 0 bridgehead atoms. The van der Waals surface area contributed by atoms with Gasteiger partial charge < -0.3 is 9.32 Å². The highest BCUT2D eigenvalue weighted by atomic mass is 32.2. The zero-order valence-electron chi connectivity index (χ0n) is 10.8. The van der Waals surface area contributed by atoms with Crippen molar-refractivity contribution in [2.75, 3.05) is 19.3 Å². The molecular weight excluding hydrogens is 296 g/mol. The molecule has 2 aromatic rings. The molecule has 0 fully saturated rings. The Balaban J connectivity index is 1.86. The van der Waals surface area contributed by atoms with E-state index in [4.69, 9.17) is 9.68 Å². The molecule has 8 heteroatoms. The molecule has 0 unspecified atom stereocenters. The Morgan fingerprint density at radius 2 is 2.45 bits per heavy atom. The topological polar surface area (TPSA) is 83.0 Å². The highest BCUT2D eigenvalue weighted by Gasteiger charge is 2.13. The molecule has 0 atom stereocenters. The maximum Gasteiger partial charge on any atom is 0.277 e. The Kier molecular flexibility index (Phi) is 5.15. The quantitative estimate of drug-likeness (QED) is 0.761. The van der Waals surface area contributed by atoms with Gasteiger partial charge in [0.15, 0.2) is 0 Å². The average Bonchev–Trinajstić information content (AvgIpc) is 3.12. The monoisotopic (exact) mass is 308 g/mol. The highest BCUT2D eigenvalue weighted by molar-refractivity contribution is 7.99. The second kappa shape index (κ2) is 7.07. The summed E-state index contributed by atoms with van der Waals surface area (Å²) in [7, 11) is 1.67. The molecule has 2 rings (SSSR count). The number of rotatable bonds is 6. The summed E-state index contributed by atoms with van der Waals surface area (Å²) in [6, 6.07) is 5.81. The van der Waals surface area contributed by atoms with Crippen LogP contribution < -0.4 is 0 Å². The summed E-state index contributed by atoms with van der Waals surface area (Å²) < 4.78 is 5.47. The number of nitrogens with zero attached hydrogens (tertiary/aromatic N) is 4. The van der Waals surface area contributed by atoms with E-state index in [9.17, 15) is 4.79 Å².